The van der Waals surface area contributed by atoms with E-state index in [9.17, 15) is 14.5 Å². The fourth-order valence-corrected chi connectivity index (χ4v) is 5.55. The Balaban J connectivity index is 1.22. The highest BCUT2D eigenvalue weighted by Crippen LogP contribution is 2.42. The molecule has 1 aliphatic carbocycles. The molecule has 2 amide bonds. The van der Waals surface area contributed by atoms with Crippen molar-refractivity contribution < 1.29 is 19.1 Å². The van der Waals surface area contributed by atoms with Crippen LogP contribution in [0.2, 0.25) is 10.0 Å². The molecule has 1 fully saturated rings. The summed E-state index contributed by atoms with van der Waals surface area (Å²) in [4.78, 5) is 35.6. The Bertz CT molecular complexity index is 1340. The number of benzene rings is 3. The van der Waals surface area contributed by atoms with Crippen LogP contribution in [0.1, 0.15) is 65.4 Å². The van der Waals surface area contributed by atoms with Crippen molar-refractivity contribution in [3.8, 4) is 17.2 Å². The van der Waals surface area contributed by atoms with Crippen LogP contribution in [-0.4, -0.2) is 24.5 Å². The van der Waals surface area contributed by atoms with E-state index in [0.717, 1.165) is 30.7 Å². The molecule has 2 aliphatic rings. The maximum absolute atomic E-state index is 12.9. The molecule has 1 saturated carbocycles. The van der Waals surface area contributed by atoms with Gasteiger partial charge in [0, 0.05) is 33.4 Å². The minimum Gasteiger partial charge on any atom is -0.493 e. The van der Waals surface area contributed by atoms with Gasteiger partial charge in [-0.05, 0) is 79.6 Å². The van der Waals surface area contributed by atoms with Gasteiger partial charge in [0.15, 0.2) is 0 Å². The van der Waals surface area contributed by atoms with Crippen LogP contribution in [0, 0.1) is 4.91 Å². The number of fused-ring (bicyclic) bond motifs is 1. The summed E-state index contributed by atoms with van der Waals surface area (Å²) in [5, 5.41) is 6.72. The van der Waals surface area contributed by atoms with Gasteiger partial charge in [-0.25, -0.2) is 0 Å². The van der Waals surface area contributed by atoms with E-state index in [-0.39, 0.29) is 23.6 Å². The van der Waals surface area contributed by atoms with Crippen LogP contribution in [0.5, 0.6) is 17.2 Å². The molecule has 0 spiro atoms. The standard InChI is InChI=1S/C29H26Cl2N2O5/c30-20-8-4-17(5-9-20)19-2-1-3-21(14-19)32-28(34)18-6-10-22(11-7-18)38-27-16-26-24(15-25(27)31)23(12-13-37-26)29(35)33-36/h4-11,15-16,19,21,23H,1-3,12-14H2,(H,32,34). The van der Waals surface area contributed by atoms with Crippen LogP contribution >= 0.6 is 23.2 Å². The maximum Gasteiger partial charge on any atom is 0.294 e. The lowest BCUT2D eigenvalue weighted by atomic mass is 9.81. The van der Waals surface area contributed by atoms with Crippen LogP contribution in [0.4, 0.5) is 0 Å². The first kappa shape index (κ1) is 26.2. The van der Waals surface area contributed by atoms with E-state index in [4.69, 9.17) is 32.7 Å². The van der Waals surface area contributed by atoms with E-state index in [1.54, 1.807) is 36.4 Å². The van der Waals surface area contributed by atoms with Gasteiger partial charge in [0.1, 0.15) is 17.2 Å². The highest BCUT2D eigenvalue weighted by Gasteiger charge is 2.30. The van der Waals surface area contributed by atoms with E-state index in [1.165, 1.54) is 5.56 Å². The number of hydrogen-bond donors (Lipinski definition) is 1. The molecule has 5 rings (SSSR count). The Labute approximate surface area is 230 Å². The molecule has 196 valence electrons. The number of carbonyl (C=O) groups excluding carboxylic acids is 2. The summed E-state index contributed by atoms with van der Waals surface area (Å²) >= 11 is 12.4. The van der Waals surface area contributed by atoms with Crippen LogP contribution in [0.25, 0.3) is 0 Å². The van der Waals surface area contributed by atoms with E-state index in [2.05, 4.69) is 22.6 Å². The lowest BCUT2D eigenvalue weighted by Crippen LogP contribution is -2.37. The van der Waals surface area contributed by atoms with E-state index < -0.39 is 11.8 Å². The van der Waals surface area contributed by atoms with Crippen LogP contribution in [0.15, 0.2) is 65.8 Å². The van der Waals surface area contributed by atoms with Gasteiger partial charge in [-0.15, -0.1) is 4.91 Å². The summed E-state index contributed by atoms with van der Waals surface area (Å²) in [6.45, 7) is 0.283. The van der Waals surface area contributed by atoms with Crippen molar-refractivity contribution >= 4 is 35.0 Å². The summed E-state index contributed by atoms with van der Waals surface area (Å²) in [5.74, 6) is 0.104. The smallest absolute Gasteiger partial charge is 0.294 e. The summed E-state index contributed by atoms with van der Waals surface area (Å²) < 4.78 is 11.6. The zero-order valence-electron chi connectivity index (χ0n) is 20.5. The number of carbonyl (C=O) groups is 2. The van der Waals surface area contributed by atoms with Gasteiger partial charge < -0.3 is 14.8 Å². The van der Waals surface area contributed by atoms with Gasteiger partial charge in [0.05, 0.1) is 17.5 Å². The molecule has 0 aromatic heterocycles. The van der Waals surface area contributed by atoms with Crippen LogP contribution in [0.3, 0.4) is 0 Å². The SMILES string of the molecule is O=NC(=O)C1CCOc2cc(Oc3ccc(C(=O)NC4CCCC(c5ccc(Cl)cc5)C4)cc3)c(Cl)cc21. The normalized spacial score (nSPS) is 20.5. The number of rotatable bonds is 6. The molecule has 3 unspecified atom stereocenters. The Morgan fingerprint density at radius 3 is 2.47 bits per heavy atom. The summed E-state index contributed by atoms with van der Waals surface area (Å²) in [7, 11) is 0. The van der Waals surface area contributed by atoms with Crippen molar-refractivity contribution in [1.82, 2.24) is 5.32 Å². The highest BCUT2D eigenvalue weighted by atomic mass is 35.5. The molecule has 9 heteroatoms. The van der Waals surface area contributed by atoms with Crippen molar-refractivity contribution in [3.05, 3.63) is 92.3 Å². The molecule has 7 nitrogen and oxygen atoms in total. The maximum atomic E-state index is 12.9. The second kappa shape index (κ2) is 11.5. The van der Waals surface area contributed by atoms with E-state index in [0.29, 0.717) is 40.7 Å². The third kappa shape index (κ3) is 5.84. The van der Waals surface area contributed by atoms with Gasteiger partial charge in [-0.3, -0.25) is 9.59 Å². The molecule has 0 saturated heterocycles. The summed E-state index contributed by atoms with van der Waals surface area (Å²) in [6.07, 6.45) is 4.35. The van der Waals surface area contributed by atoms with Gasteiger partial charge in [-0.2, -0.15) is 0 Å². The number of halogens is 2. The Morgan fingerprint density at radius 2 is 1.74 bits per heavy atom. The molecule has 1 aliphatic heterocycles. The van der Waals surface area contributed by atoms with Gasteiger partial charge in [0.2, 0.25) is 0 Å². The summed E-state index contributed by atoms with van der Waals surface area (Å²) in [5.41, 5.74) is 2.31. The van der Waals surface area contributed by atoms with Gasteiger partial charge in [-0.1, -0.05) is 41.8 Å². The number of amides is 2. The average Bonchev–Trinajstić information content (AvgIpc) is 2.93. The second-order valence-corrected chi connectivity index (χ2v) is 10.5. The molecule has 0 bridgehead atoms. The topological polar surface area (TPSA) is 94.1 Å². The first-order valence-electron chi connectivity index (χ1n) is 12.6. The number of nitroso groups, excluding NO2 is 1. The Kier molecular flexibility index (Phi) is 7.95. The number of nitrogens with zero attached hydrogens (tertiary/aromatic N) is 1. The first-order chi connectivity index (χ1) is 18.4. The third-order valence-corrected chi connectivity index (χ3v) is 7.73. The predicted octanol–water partition coefficient (Wildman–Crippen LogP) is 7.40. The van der Waals surface area contributed by atoms with Crippen molar-refractivity contribution in [2.45, 2.75) is 50.0 Å². The number of ether oxygens (including phenoxy) is 2. The molecular weight excluding hydrogens is 527 g/mol. The lowest BCUT2D eigenvalue weighted by Gasteiger charge is -2.30. The minimum atomic E-state index is -0.748. The molecule has 3 aromatic rings. The van der Waals surface area contributed by atoms with Crippen molar-refractivity contribution in [2.24, 2.45) is 5.18 Å². The highest BCUT2D eigenvalue weighted by molar-refractivity contribution is 6.32. The van der Waals surface area contributed by atoms with E-state index in [1.807, 2.05) is 12.1 Å². The average molecular weight is 553 g/mol. The second-order valence-electron chi connectivity index (χ2n) is 9.65. The number of nitrogens with one attached hydrogen (secondary N) is 1. The fourth-order valence-electron chi connectivity index (χ4n) is 5.22. The van der Waals surface area contributed by atoms with Gasteiger partial charge >= 0.3 is 0 Å². The zero-order valence-corrected chi connectivity index (χ0v) is 22.0. The largest absolute Gasteiger partial charge is 0.493 e. The van der Waals surface area contributed by atoms with Crippen molar-refractivity contribution in [3.63, 3.8) is 0 Å². The fraction of sp³-hybridized carbons (Fsp3) is 0.310. The Morgan fingerprint density at radius 1 is 0.974 bits per heavy atom. The van der Waals surface area contributed by atoms with Crippen molar-refractivity contribution in [1.29, 1.82) is 0 Å². The van der Waals surface area contributed by atoms with E-state index >= 15 is 0 Å². The molecule has 38 heavy (non-hydrogen) atoms. The van der Waals surface area contributed by atoms with Crippen molar-refractivity contribution in [2.75, 3.05) is 6.61 Å². The predicted molar refractivity (Wildman–Crippen MR) is 146 cm³/mol. The zero-order chi connectivity index (χ0) is 26.6. The molecule has 3 aromatic carbocycles. The lowest BCUT2D eigenvalue weighted by molar-refractivity contribution is -0.119. The molecule has 1 heterocycles. The summed E-state index contributed by atoms with van der Waals surface area (Å²) in [6, 6.07) is 18.0. The molecular formula is C29H26Cl2N2O5. The quantitative estimate of drug-likeness (QED) is 0.321. The Hall–Kier alpha value is -3.42. The van der Waals surface area contributed by atoms with Crippen LogP contribution < -0.4 is 14.8 Å². The first-order valence-corrected chi connectivity index (χ1v) is 13.3. The van der Waals surface area contributed by atoms with Crippen LogP contribution in [-0.2, 0) is 4.79 Å². The third-order valence-electron chi connectivity index (χ3n) is 7.19. The molecule has 0 radical (unpaired) electrons. The minimum absolute atomic E-state index is 0.104. The molecule has 1 N–H and O–H groups in total. The molecule has 3 atom stereocenters. The number of hydrogen-bond acceptors (Lipinski definition) is 5. The van der Waals surface area contributed by atoms with Gasteiger partial charge in [0.25, 0.3) is 11.8 Å². The monoisotopic (exact) mass is 552 g/mol.